The zero-order valence-electron chi connectivity index (χ0n) is 17.6. The van der Waals surface area contributed by atoms with E-state index < -0.39 is 30.5 Å². The van der Waals surface area contributed by atoms with Crippen molar-refractivity contribution < 1.29 is 23.9 Å². The number of benzene rings is 1. The average Bonchev–Trinajstić information content (AvgIpc) is 2.70. The number of esters is 2. The molecule has 0 radical (unpaired) electrons. The van der Waals surface area contributed by atoms with E-state index in [4.69, 9.17) is 9.47 Å². The Bertz CT molecular complexity index is 907. The Kier molecular flexibility index (Phi) is 7.70. The highest BCUT2D eigenvalue weighted by atomic mass is 16.5. The van der Waals surface area contributed by atoms with Crippen molar-refractivity contribution in [3.8, 4) is 0 Å². The first-order chi connectivity index (χ1) is 13.8. The number of rotatable bonds is 8. The van der Waals surface area contributed by atoms with Crippen LogP contribution in [0.1, 0.15) is 48.8 Å². The fourth-order valence-corrected chi connectivity index (χ4v) is 3.23. The van der Waals surface area contributed by atoms with Crippen LogP contribution in [0.5, 0.6) is 0 Å². The summed E-state index contributed by atoms with van der Waals surface area (Å²) < 4.78 is 10.00. The third kappa shape index (κ3) is 5.53. The molecule has 29 heavy (non-hydrogen) atoms. The number of pyridine rings is 1. The van der Waals surface area contributed by atoms with Gasteiger partial charge in [0.05, 0.1) is 18.2 Å². The van der Waals surface area contributed by atoms with Gasteiger partial charge < -0.3 is 14.8 Å². The van der Waals surface area contributed by atoms with E-state index in [1.165, 1.54) is 7.11 Å². The van der Waals surface area contributed by atoms with Crippen LogP contribution in [0.25, 0.3) is 10.9 Å². The first-order valence-corrected chi connectivity index (χ1v) is 9.70. The van der Waals surface area contributed by atoms with Gasteiger partial charge in [-0.15, -0.1) is 0 Å². The zero-order chi connectivity index (χ0) is 21.6. The van der Waals surface area contributed by atoms with Gasteiger partial charge >= 0.3 is 11.9 Å². The highest BCUT2D eigenvalue weighted by molar-refractivity contribution is 6.05. The van der Waals surface area contributed by atoms with Crippen LogP contribution < -0.4 is 5.32 Å². The summed E-state index contributed by atoms with van der Waals surface area (Å²) in [5.74, 6) is -1.49. The molecule has 0 aliphatic heterocycles. The minimum absolute atomic E-state index is 0.181. The monoisotopic (exact) mass is 400 g/mol. The van der Waals surface area contributed by atoms with Gasteiger partial charge in [0, 0.05) is 11.1 Å². The van der Waals surface area contributed by atoms with Gasteiger partial charge in [0.2, 0.25) is 0 Å². The predicted octanol–water partition coefficient (Wildman–Crippen LogP) is 2.97. The molecule has 7 nitrogen and oxygen atoms in total. The van der Waals surface area contributed by atoms with Gasteiger partial charge in [-0.2, -0.15) is 0 Å². The molecule has 2 aromatic rings. The third-order valence-corrected chi connectivity index (χ3v) is 4.64. The minimum atomic E-state index is -0.776. The molecule has 1 atom stereocenters. The topological polar surface area (TPSA) is 94.6 Å². The Labute approximate surface area is 170 Å². The number of carbonyl (C=O) groups excluding carboxylic acids is 3. The van der Waals surface area contributed by atoms with Crippen LogP contribution in [-0.4, -0.2) is 42.6 Å². The molecule has 0 saturated heterocycles. The van der Waals surface area contributed by atoms with Gasteiger partial charge in [-0.05, 0) is 37.3 Å². The molecule has 0 saturated carbocycles. The van der Waals surface area contributed by atoms with Gasteiger partial charge in [-0.1, -0.05) is 39.0 Å². The number of hydrogen-bond acceptors (Lipinski definition) is 6. The van der Waals surface area contributed by atoms with Crippen LogP contribution in [0, 0.1) is 12.8 Å². The molecule has 1 aromatic heterocycles. The molecule has 1 amide bonds. The summed E-state index contributed by atoms with van der Waals surface area (Å²) in [7, 11) is 1.27. The first kappa shape index (κ1) is 22.3. The standard InChI is InChI=1S/C22H28N2O5/c1-6-16-14(4)20(15-9-7-8-10-17(15)23-16)22(27)29-12-19(25)24-18(11-13(2)3)21(26)28-5/h7-10,13,18H,6,11-12H2,1-5H3,(H,24,25). The molecule has 0 aliphatic carbocycles. The number of para-hydroxylation sites is 1. The number of aromatic nitrogens is 1. The summed E-state index contributed by atoms with van der Waals surface area (Å²) in [5, 5.41) is 3.26. The van der Waals surface area contributed by atoms with Crippen LogP contribution in [-0.2, 0) is 25.5 Å². The smallest absolute Gasteiger partial charge is 0.339 e. The number of ether oxygens (including phenoxy) is 2. The third-order valence-electron chi connectivity index (χ3n) is 4.64. The number of aryl methyl sites for hydroxylation is 1. The number of nitrogens with one attached hydrogen (secondary N) is 1. The lowest BCUT2D eigenvalue weighted by atomic mass is 10.0. The molecular weight excluding hydrogens is 372 g/mol. The molecule has 1 N–H and O–H groups in total. The largest absolute Gasteiger partial charge is 0.467 e. The second-order valence-corrected chi connectivity index (χ2v) is 7.28. The highest BCUT2D eigenvalue weighted by Gasteiger charge is 2.24. The van der Waals surface area contributed by atoms with E-state index >= 15 is 0 Å². The van der Waals surface area contributed by atoms with Crippen molar-refractivity contribution in [1.82, 2.24) is 10.3 Å². The van der Waals surface area contributed by atoms with Crippen molar-refractivity contribution in [3.63, 3.8) is 0 Å². The van der Waals surface area contributed by atoms with Gasteiger partial charge in [0.1, 0.15) is 6.04 Å². The van der Waals surface area contributed by atoms with Gasteiger partial charge in [-0.25, -0.2) is 9.59 Å². The van der Waals surface area contributed by atoms with Crippen molar-refractivity contribution >= 4 is 28.7 Å². The van der Waals surface area contributed by atoms with E-state index in [1.807, 2.05) is 45.9 Å². The Hall–Kier alpha value is -2.96. The molecule has 2 rings (SSSR count). The van der Waals surface area contributed by atoms with Crippen molar-refractivity contribution in [2.24, 2.45) is 5.92 Å². The minimum Gasteiger partial charge on any atom is -0.467 e. The maximum absolute atomic E-state index is 12.8. The van der Waals surface area contributed by atoms with Gasteiger partial charge in [0.25, 0.3) is 5.91 Å². The summed E-state index contributed by atoms with van der Waals surface area (Å²) in [4.78, 5) is 41.5. The summed E-state index contributed by atoms with van der Waals surface area (Å²) in [5.41, 5.74) is 2.66. The van der Waals surface area contributed by atoms with Crippen LogP contribution in [0.4, 0.5) is 0 Å². The Morgan fingerprint density at radius 3 is 2.48 bits per heavy atom. The molecule has 1 heterocycles. The summed E-state index contributed by atoms with van der Waals surface area (Å²) >= 11 is 0. The van der Waals surface area contributed by atoms with Crippen LogP contribution >= 0.6 is 0 Å². The molecule has 1 aromatic carbocycles. The molecule has 7 heteroatoms. The summed E-state index contributed by atoms with van der Waals surface area (Å²) in [6.07, 6.45) is 1.10. The Morgan fingerprint density at radius 1 is 1.17 bits per heavy atom. The van der Waals surface area contributed by atoms with Crippen LogP contribution in [0.2, 0.25) is 0 Å². The van der Waals surface area contributed by atoms with E-state index in [-0.39, 0.29) is 5.92 Å². The fraction of sp³-hybridized carbons (Fsp3) is 0.455. The lowest BCUT2D eigenvalue weighted by molar-refractivity contribution is -0.145. The summed E-state index contributed by atoms with van der Waals surface area (Å²) in [6.45, 7) is 7.18. The molecule has 0 fully saturated rings. The molecule has 0 aliphatic rings. The first-order valence-electron chi connectivity index (χ1n) is 9.70. The number of nitrogens with zero attached hydrogens (tertiary/aromatic N) is 1. The number of fused-ring (bicyclic) bond motifs is 1. The number of methoxy groups -OCH3 is 1. The molecular formula is C22H28N2O5. The lowest BCUT2D eigenvalue weighted by Gasteiger charge is -2.18. The van der Waals surface area contributed by atoms with E-state index in [2.05, 4.69) is 10.3 Å². The van der Waals surface area contributed by atoms with E-state index in [1.54, 1.807) is 6.07 Å². The van der Waals surface area contributed by atoms with Crippen molar-refractivity contribution in [2.45, 2.75) is 46.6 Å². The number of amides is 1. The predicted molar refractivity (Wildman–Crippen MR) is 110 cm³/mol. The second-order valence-electron chi connectivity index (χ2n) is 7.28. The molecule has 1 unspecified atom stereocenters. The lowest BCUT2D eigenvalue weighted by Crippen LogP contribution is -2.44. The van der Waals surface area contributed by atoms with Crippen molar-refractivity contribution in [1.29, 1.82) is 0 Å². The average molecular weight is 400 g/mol. The van der Waals surface area contributed by atoms with Crippen molar-refractivity contribution in [3.05, 3.63) is 41.1 Å². The molecule has 0 spiro atoms. The van der Waals surface area contributed by atoms with Crippen molar-refractivity contribution in [2.75, 3.05) is 13.7 Å². The quantitative estimate of drug-likeness (QED) is 0.685. The maximum atomic E-state index is 12.8. The maximum Gasteiger partial charge on any atom is 0.339 e. The fourth-order valence-electron chi connectivity index (χ4n) is 3.23. The Balaban J connectivity index is 2.15. The van der Waals surface area contributed by atoms with Gasteiger partial charge in [0.15, 0.2) is 6.61 Å². The van der Waals surface area contributed by atoms with Crippen LogP contribution in [0.3, 0.4) is 0 Å². The second kappa shape index (κ2) is 10.0. The molecule has 156 valence electrons. The normalized spacial score (nSPS) is 11.9. The molecule has 0 bridgehead atoms. The Morgan fingerprint density at radius 2 is 1.86 bits per heavy atom. The number of carbonyl (C=O) groups is 3. The highest BCUT2D eigenvalue weighted by Crippen LogP contribution is 2.24. The van der Waals surface area contributed by atoms with E-state index in [9.17, 15) is 14.4 Å². The number of hydrogen-bond donors (Lipinski definition) is 1. The SMILES string of the molecule is CCc1nc2ccccc2c(C(=O)OCC(=O)NC(CC(C)C)C(=O)OC)c1C. The van der Waals surface area contributed by atoms with E-state index in [0.717, 1.165) is 11.3 Å². The van der Waals surface area contributed by atoms with Crippen LogP contribution in [0.15, 0.2) is 24.3 Å². The zero-order valence-corrected chi connectivity index (χ0v) is 17.6. The van der Waals surface area contributed by atoms with E-state index in [0.29, 0.717) is 29.3 Å². The summed E-state index contributed by atoms with van der Waals surface area (Å²) in [6, 6.07) is 6.55. The van der Waals surface area contributed by atoms with Gasteiger partial charge in [-0.3, -0.25) is 9.78 Å².